The summed E-state index contributed by atoms with van der Waals surface area (Å²) in [7, 11) is 0. The number of rotatable bonds is 3. The molecule has 0 N–H and O–H groups in total. The van der Waals surface area contributed by atoms with Gasteiger partial charge in [0.2, 0.25) is 5.91 Å². The van der Waals surface area contributed by atoms with Gasteiger partial charge in [-0.15, -0.1) is 5.10 Å². The smallest absolute Gasteiger partial charge is 0.267 e. The van der Waals surface area contributed by atoms with Crippen molar-refractivity contribution in [2.45, 2.75) is 70.8 Å². The second kappa shape index (κ2) is 7.25. The summed E-state index contributed by atoms with van der Waals surface area (Å²) in [6, 6.07) is 0.426. The average Bonchev–Trinajstić information content (AvgIpc) is 3.32. The molecule has 0 bridgehead atoms. The van der Waals surface area contributed by atoms with Gasteiger partial charge in [-0.3, -0.25) is 9.59 Å². The van der Waals surface area contributed by atoms with Crippen LogP contribution < -0.4 is 0 Å². The highest BCUT2D eigenvalue weighted by Crippen LogP contribution is 2.42. The van der Waals surface area contributed by atoms with Crippen molar-refractivity contribution in [3.63, 3.8) is 0 Å². The molecule has 2 aliphatic heterocycles. The molecule has 0 aromatic carbocycles. The average molecular weight is 377 g/mol. The van der Waals surface area contributed by atoms with E-state index in [0.717, 1.165) is 44.3 Å². The standard InChI is InChI=1S/C19H28N4O2S/c1-2-15-16(26-21-20-15)17(24)22-12-10-19(13-22)9-6-11-23(18(19)25)14-7-4-3-5-8-14/h14H,2-13H2,1H3/t19-/m1/s1. The van der Waals surface area contributed by atoms with E-state index in [2.05, 4.69) is 14.5 Å². The molecule has 7 heteroatoms. The molecule has 2 saturated heterocycles. The van der Waals surface area contributed by atoms with Crippen LogP contribution in [0, 0.1) is 5.41 Å². The highest BCUT2D eigenvalue weighted by molar-refractivity contribution is 7.08. The quantitative estimate of drug-likeness (QED) is 0.814. The zero-order valence-electron chi connectivity index (χ0n) is 15.6. The van der Waals surface area contributed by atoms with Gasteiger partial charge in [0.05, 0.1) is 11.1 Å². The molecule has 1 aromatic heterocycles. The Labute approximate surface area is 159 Å². The lowest BCUT2D eigenvalue weighted by Gasteiger charge is -2.44. The van der Waals surface area contributed by atoms with Crippen molar-refractivity contribution in [2.24, 2.45) is 5.41 Å². The van der Waals surface area contributed by atoms with E-state index in [1.54, 1.807) is 0 Å². The first-order chi connectivity index (χ1) is 12.6. The molecule has 0 radical (unpaired) electrons. The van der Waals surface area contributed by atoms with Crippen LogP contribution in [0.4, 0.5) is 0 Å². The molecule has 1 saturated carbocycles. The van der Waals surface area contributed by atoms with E-state index in [1.807, 2.05) is 11.8 Å². The number of likely N-dealkylation sites (tertiary alicyclic amines) is 2. The van der Waals surface area contributed by atoms with Crippen molar-refractivity contribution >= 4 is 23.3 Å². The van der Waals surface area contributed by atoms with Gasteiger partial charge in [0.15, 0.2) is 0 Å². The Morgan fingerprint density at radius 3 is 2.77 bits per heavy atom. The molecular formula is C19H28N4O2S. The van der Waals surface area contributed by atoms with Crippen LogP contribution in [0.15, 0.2) is 0 Å². The molecule has 1 aliphatic carbocycles. The first-order valence-electron chi connectivity index (χ1n) is 10.1. The van der Waals surface area contributed by atoms with E-state index >= 15 is 0 Å². The lowest BCUT2D eigenvalue weighted by Crippen LogP contribution is -2.54. The molecule has 1 spiro atoms. The Balaban J connectivity index is 1.49. The minimum Gasteiger partial charge on any atom is -0.339 e. The Morgan fingerprint density at radius 2 is 2.00 bits per heavy atom. The molecule has 4 rings (SSSR count). The van der Waals surface area contributed by atoms with Crippen molar-refractivity contribution in [1.29, 1.82) is 0 Å². The van der Waals surface area contributed by atoms with Crippen molar-refractivity contribution in [3.8, 4) is 0 Å². The zero-order chi connectivity index (χ0) is 18.1. The first kappa shape index (κ1) is 17.9. The number of hydrogen-bond acceptors (Lipinski definition) is 5. The number of amides is 2. The maximum Gasteiger partial charge on any atom is 0.267 e. The molecule has 6 nitrogen and oxygen atoms in total. The normalized spacial score (nSPS) is 27.5. The zero-order valence-corrected chi connectivity index (χ0v) is 16.4. The number of carbonyl (C=O) groups is 2. The summed E-state index contributed by atoms with van der Waals surface area (Å²) >= 11 is 1.18. The summed E-state index contributed by atoms with van der Waals surface area (Å²) in [6.45, 7) is 4.13. The predicted octanol–water partition coefficient (Wildman–Crippen LogP) is 2.89. The van der Waals surface area contributed by atoms with Gasteiger partial charge in [0.25, 0.3) is 5.91 Å². The van der Waals surface area contributed by atoms with E-state index in [-0.39, 0.29) is 11.3 Å². The third kappa shape index (κ3) is 3.04. The molecule has 0 unspecified atom stereocenters. The van der Waals surface area contributed by atoms with Crippen LogP contribution in [0.1, 0.15) is 73.7 Å². The monoisotopic (exact) mass is 376 g/mol. The summed E-state index contributed by atoms with van der Waals surface area (Å²) in [6.07, 6.45) is 9.57. The number of carbonyl (C=O) groups excluding carboxylic acids is 2. The molecule has 26 heavy (non-hydrogen) atoms. The summed E-state index contributed by atoms with van der Waals surface area (Å²) < 4.78 is 3.95. The minimum atomic E-state index is -0.351. The summed E-state index contributed by atoms with van der Waals surface area (Å²) in [5.74, 6) is 0.320. The fraction of sp³-hybridized carbons (Fsp3) is 0.789. The third-order valence-electron chi connectivity index (χ3n) is 6.51. The molecule has 3 aliphatic rings. The van der Waals surface area contributed by atoms with Gasteiger partial charge in [0.1, 0.15) is 4.88 Å². The van der Waals surface area contributed by atoms with E-state index in [1.165, 1.54) is 30.8 Å². The summed E-state index contributed by atoms with van der Waals surface area (Å²) in [5, 5.41) is 4.07. The number of nitrogens with zero attached hydrogens (tertiary/aromatic N) is 4. The summed E-state index contributed by atoms with van der Waals surface area (Å²) in [4.78, 5) is 31.0. The number of piperidine rings is 1. The lowest BCUT2D eigenvalue weighted by atomic mass is 9.77. The van der Waals surface area contributed by atoms with Gasteiger partial charge in [-0.2, -0.15) is 0 Å². The van der Waals surface area contributed by atoms with Crippen molar-refractivity contribution < 1.29 is 9.59 Å². The molecule has 142 valence electrons. The van der Waals surface area contributed by atoms with Crippen LogP contribution in [-0.2, 0) is 11.2 Å². The fourth-order valence-electron chi connectivity index (χ4n) is 5.01. The van der Waals surface area contributed by atoms with E-state index in [9.17, 15) is 9.59 Å². The Kier molecular flexibility index (Phi) is 4.99. The van der Waals surface area contributed by atoms with Gasteiger partial charge < -0.3 is 9.80 Å². The van der Waals surface area contributed by atoms with Crippen molar-refractivity contribution in [1.82, 2.24) is 19.4 Å². The second-order valence-corrected chi connectivity index (χ2v) is 8.81. The van der Waals surface area contributed by atoms with E-state index in [0.29, 0.717) is 36.3 Å². The highest BCUT2D eigenvalue weighted by atomic mass is 32.1. The maximum atomic E-state index is 13.4. The molecule has 1 atom stereocenters. The van der Waals surface area contributed by atoms with Crippen LogP contribution >= 0.6 is 11.5 Å². The van der Waals surface area contributed by atoms with Gasteiger partial charge in [-0.1, -0.05) is 30.7 Å². The van der Waals surface area contributed by atoms with Gasteiger partial charge >= 0.3 is 0 Å². The van der Waals surface area contributed by atoms with Crippen LogP contribution in [0.5, 0.6) is 0 Å². The molecule has 2 amide bonds. The first-order valence-corrected chi connectivity index (χ1v) is 10.8. The van der Waals surface area contributed by atoms with E-state index < -0.39 is 0 Å². The van der Waals surface area contributed by atoms with E-state index in [4.69, 9.17) is 0 Å². The SMILES string of the molecule is CCc1nnsc1C(=O)N1CC[C@]2(CCCN(C3CCCCC3)C2=O)C1. The minimum absolute atomic E-state index is 0.0105. The third-order valence-corrected chi connectivity index (χ3v) is 7.27. The van der Waals surface area contributed by atoms with Crippen LogP contribution in [0.25, 0.3) is 0 Å². The van der Waals surface area contributed by atoms with Gasteiger partial charge in [-0.05, 0) is 50.1 Å². The Morgan fingerprint density at radius 1 is 1.19 bits per heavy atom. The lowest BCUT2D eigenvalue weighted by molar-refractivity contribution is -0.149. The van der Waals surface area contributed by atoms with Crippen molar-refractivity contribution in [2.75, 3.05) is 19.6 Å². The molecule has 3 fully saturated rings. The van der Waals surface area contributed by atoms with Crippen LogP contribution in [0.2, 0.25) is 0 Å². The topological polar surface area (TPSA) is 66.4 Å². The van der Waals surface area contributed by atoms with Crippen LogP contribution in [-0.4, -0.2) is 56.9 Å². The molecule has 3 heterocycles. The summed E-state index contributed by atoms with van der Waals surface area (Å²) in [5.41, 5.74) is 0.426. The highest BCUT2D eigenvalue weighted by Gasteiger charge is 2.50. The number of aryl methyl sites for hydroxylation is 1. The second-order valence-electron chi connectivity index (χ2n) is 8.05. The fourth-order valence-corrected chi connectivity index (χ4v) is 5.73. The molecule has 1 aromatic rings. The van der Waals surface area contributed by atoms with Gasteiger partial charge in [-0.25, -0.2) is 0 Å². The number of hydrogen-bond donors (Lipinski definition) is 0. The predicted molar refractivity (Wildman–Crippen MR) is 100 cm³/mol. The van der Waals surface area contributed by atoms with Crippen LogP contribution in [0.3, 0.4) is 0 Å². The van der Waals surface area contributed by atoms with Crippen molar-refractivity contribution in [3.05, 3.63) is 10.6 Å². The van der Waals surface area contributed by atoms with Gasteiger partial charge in [0, 0.05) is 25.7 Å². The maximum absolute atomic E-state index is 13.4. The Bertz CT molecular complexity index is 685. The Hall–Kier alpha value is -1.50. The number of aromatic nitrogens is 2. The largest absolute Gasteiger partial charge is 0.339 e. The molecular weight excluding hydrogens is 348 g/mol.